The number of nitrogens with one attached hydrogen (secondary N) is 1. The van der Waals surface area contributed by atoms with Gasteiger partial charge in [0.05, 0.1) is 5.75 Å². The highest BCUT2D eigenvalue weighted by molar-refractivity contribution is 7.89. The molecule has 0 aliphatic carbocycles. The highest BCUT2D eigenvalue weighted by Crippen LogP contribution is 1.96. The third-order valence-corrected chi connectivity index (χ3v) is 3.46. The van der Waals surface area contributed by atoms with Gasteiger partial charge in [-0.1, -0.05) is 0 Å². The molecule has 0 rings (SSSR count). The summed E-state index contributed by atoms with van der Waals surface area (Å²) < 4.78 is 25.0. The van der Waals surface area contributed by atoms with Gasteiger partial charge in [0.15, 0.2) is 0 Å². The second kappa shape index (κ2) is 7.90. The van der Waals surface area contributed by atoms with Crippen molar-refractivity contribution in [2.24, 2.45) is 5.73 Å². The van der Waals surface area contributed by atoms with Crippen LogP contribution in [0.2, 0.25) is 0 Å². The Morgan fingerprint density at radius 3 is 2.47 bits per heavy atom. The highest BCUT2D eigenvalue weighted by Gasteiger charge is 2.08. The normalized spacial score (nSPS) is 11.5. The third-order valence-electron chi connectivity index (χ3n) is 1.72. The topological polar surface area (TPSA) is 89.3 Å². The predicted octanol–water partition coefficient (Wildman–Crippen LogP) is 0.190. The summed E-state index contributed by atoms with van der Waals surface area (Å²) in [7, 11) is -3.21. The van der Waals surface area contributed by atoms with Crippen molar-refractivity contribution in [1.82, 2.24) is 4.72 Å². The summed E-state index contributed by atoms with van der Waals surface area (Å²) in [5, 5.41) is 0. The van der Waals surface area contributed by atoms with Gasteiger partial charge in [0, 0.05) is 18.8 Å². The summed E-state index contributed by atoms with van der Waals surface area (Å²) in [6, 6.07) is 0. The Morgan fingerprint density at radius 1 is 1.27 bits per heavy atom. The number of unbranched alkanes of at least 4 members (excludes halogenated alkanes) is 1. The highest BCUT2D eigenvalue weighted by atomic mass is 35.5. The van der Waals surface area contributed by atoms with E-state index in [0.29, 0.717) is 25.1 Å². The molecule has 0 fully saturated rings. The van der Waals surface area contributed by atoms with Crippen LogP contribution in [0.1, 0.15) is 25.7 Å². The van der Waals surface area contributed by atoms with Crippen LogP contribution < -0.4 is 10.5 Å². The monoisotopic (exact) mass is 256 g/mol. The number of hydrogen-bond acceptors (Lipinski definition) is 3. The molecule has 0 heterocycles. The molecule has 0 bridgehead atoms. The maximum atomic E-state index is 11.3. The number of primary amides is 1. The molecule has 3 N–H and O–H groups in total. The molecule has 0 unspecified atom stereocenters. The molecular weight excluding hydrogens is 240 g/mol. The van der Waals surface area contributed by atoms with Gasteiger partial charge in [-0.2, -0.15) is 0 Å². The summed E-state index contributed by atoms with van der Waals surface area (Å²) in [5.41, 5.74) is 4.91. The van der Waals surface area contributed by atoms with E-state index in [0.717, 1.165) is 0 Å². The fourth-order valence-electron chi connectivity index (χ4n) is 0.949. The molecule has 0 aromatic heterocycles. The predicted molar refractivity (Wildman–Crippen MR) is 60.2 cm³/mol. The zero-order valence-corrected chi connectivity index (χ0v) is 10.1. The fourth-order valence-corrected chi connectivity index (χ4v) is 2.32. The van der Waals surface area contributed by atoms with Crippen LogP contribution in [0.5, 0.6) is 0 Å². The molecule has 0 aromatic carbocycles. The molecule has 0 saturated carbocycles. The minimum Gasteiger partial charge on any atom is -0.370 e. The molecule has 0 radical (unpaired) electrons. The van der Waals surface area contributed by atoms with E-state index in [1.807, 2.05) is 0 Å². The zero-order valence-electron chi connectivity index (χ0n) is 8.54. The minimum absolute atomic E-state index is 0.0797. The summed E-state index contributed by atoms with van der Waals surface area (Å²) in [5.74, 6) is 0.129. The molecule has 0 aromatic rings. The Morgan fingerprint density at radius 2 is 1.93 bits per heavy atom. The van der Waals surface area contributed by atoms with E-state index >= 15 is 0 Å². The van der Waals surface area contributed by atoms with E-state index in [4.69, 9.17) is 17.3 Å². The Bertz CT molecular complexity index is 280. The number of hydrogen-bond donors (Lipinski definition) is 2. The van der Waals surface area contributed by atoms with Crippen molar-refractivity contribution in [3.8, 4) is 0 Å². The number of carbonyl (C=O) groups is 1. The van der Waals surface area contributed by atoms with Crippen LogP contribution in [-0.2, 0) is 14.8 Å². The first-order valence-corrected chi connectivity index (χ1v) is 6.98. The van der Waals surface area contributed by atoms with Crippen molar-refractivity contribution >= 4 is 27.5 Å². The first-order chi connectivity index (χ1) is 6.98. The summed E-state index contributed by atoms with van der Waals surface area (Å²) in [4.78, 5) is 10.4. The summed E-state index contributed by atoms with van der Waals surface area (Å²) in [6.07, 6.45) is 1.87. The molecule has 5 nitrogen and oxygen atoms in total. The van der Waals surface area contributed by atoms with Crippen LogP contribution >= 0.6 is 11.6 Å². The lowest BCUT2D eigenvalue weighted by Gasteiger charge is -2.04. The van der Waals surface area contributed by atoms with E-state index in [2.05, 4.69) is 4.72 Å². The Balaban J connectivity index is 3.60. The van der Waals surface area contributed by atoms with E-state index in [-0.39, 0.29) is 18.7 Å². The molecule has 1 amide bonds. The standard InChI is InChI=1S/C8H17ClN2O3S/c9-5-1-2-7-15(13,14)11-6-3-4-8(10)12/h11H,1-7H2,(H2,10,12). The number of nitrogens with two attached hydrogens (primary N) is 1. The molecule has 15 heavy (non-hydrogen) atoms. The zero-order chi connectivity index (χ0) is 11.7. The number of amides is 1. The quantitative estimate of drug-likeness (QED) is 0.456. The van der Waals surface area contributed by atoms with Crippen molar-refractivity contribution in [2.45, 2.75) is 25.7 Å². The lowest BCUT2D eigenvalue weighted by molar-refractivity contribution is -0.118. The molecule has 0 saturated heterocycles. The number of carbonyl (C=O) groups excluding carboxylic acids is 1. The van der Waals surface area contributed by atoms with Crippen LogP contribution in [-0.4, -0.2) is 32.5 Å². The molecule has 7 heteroatoms. The van der Waals surface area contributed by atoms with Crippen LogP contribution in [0.4, 0.5) is 0 Å². The minimum atomic E-state index is -3.21. The van der Waals surface area contributed by atoms with Crippen molar-refractivity contribution < 1.29 is 13.2 Å². The Hall–Kier alpha value is -0.330. The van der Waals surface area contributed by atoms with Crippen LogP contribution in [0.15, 0.2) is 0 Å². The molecular formula is C8H17ClN2O3S. The second-order valence-electron chi connectivity index (χ2n) is 3.18. The summed E-state index contributed by atoms with van der Waals surface area (Å²) >= 11 is 5.43. The van der Waals surface area contributed by atoms with Crippen molar-refractivity contribution in [2.75, 3.05) is 18.2 Å². The van der Waals surface area contributed by atoms with Crippen LogP contribution in [0.3, 0.4) is 0 Å². The molecule has 90 valence electrons. The smallest absolute Gasteiger partial charge is 0.217 e. The molecule has 0 spiro atoms. The number of halogens is 1. The molecule has 0 atom stereocenters. The van der Waals surface area contributed by atoms with Gasteiger partial charge in [-0.05, 0) is 19.3 Å². The van der Waals surface area contributed by atoms with E-state index in [1.54, 1.807) is 0 Å². The number of alkyl halides is 1. The first-order valence-electron chi connectivity index (χ1n) is 4.79. The fraction of sp³-hybridized carbons (Fsp3) is 0.875. The SMILES string of the molecule is NC(=O)CCCNS(=O)(=O)CCCCCl. The van der Waals surface area contributed by atoms with Crippen molar-refractivity contribution in [1.29, 1.82) is 0 Å². The largest absolute Gasteiger partial charge is 0.370 e. The molecule has 0 aliphatic heterocycles. The number of sulfonamides is 1. The maximum absolute atomic E-state index is 11.3. The van der Waals surface area contributed by atoms with Crippen LogP contribution in [0.25, 0.3) is 0 Å². The van der Waals surface area contributed by atoms with Gasteiger partial charge in [0.1, 0.15) is 0 Å². The van der Waals surface area contributed by atoms with Gasteiger partial charge in [-0.25, -0.2) is 13.1 Å². The summed E-state index contributed by atoms with van der Waals surface area (Å²) in [6.45, 7) is 0.256. The van der Waals surface area contributed by atoms with E-state index in [9.17, 15) is 13.2 Å². The third kappa shape index (κ3) is 9.96. The van der Waals surface area contributed by atoms with Gasteiger partial charge in [-0.3, -0.25) is 4.79 Å². The van der Waals surface area contributed by atoms with E-state index < -0.39 is 15.9 Å². The van der Waals surface area contributed by atoms with E-state index in [1.165, 1.54) is 0 Å². The van der Waals surface area contributed by atoms with Gasteiger partial charge in [-0.15, -0.1) is 11.6 Å². The maximum Gasteiger partial charge on any atom is 0.217 e. The Kier molecular flexibility index (Phi) is 7.72. The first kappa shape index (κ1) is 14.7. The Labute approximate surface area is 95.4 Å². The average Bonchev–Trinajstić information content (AvgIpc) is 2.13. The lowest BCUT2D eigenvalue weighted by Crippen LogP contribution is -2.28. The van der Waals surface area contributed by atoms with Crippen molar-refractivity contribution in [3.63, 3.8) is 0 Å². The second-order valence-corrected chi connectivity index (χ2v) is 5.48. The average molecular weight is 257 g/mol. The number of rotatable bonds is 9. The van der Waals surface area contributed by atoms with Gasteiger partial charge in [0.2, 0.25) is 15.9 Å². The lowest BCUT2D eigenvalue weighted by atomic mass is 10.3. The van der Waals surface area contributed by atoms with Crippen LogP contribution in [0, 0.1) is 0 Å². The van der Waals surface area contributed by atoms with Gasteiger partial charge in [0.25, 0.3) is 0 Å². The molecule has 0 aliphatic rings. The van der Waals surface area contributed by atoms with Gasteiger partial charge < -0.3 is 5.73 Å². The van der Waals surface area contributed by atoms with Crippen molar-refractivity contribution in [3.05, 3.63) is 0 Å². The van der Waals surface area contributed by atoms with Gasteiger partial charge >= 0.3 is 0 Å².